The van der Waals surface area contributed by atoms with Crippen molar-refractivity contribution in [3.8, 4) is 0 Å². The molecule has 1 aromatic carbocycles. The fourth-order valence-corrected chi connectivity index (χ4v) is 3.39. The van der Waals surface area contributed by atoms with Crippen molar-refractivity contribution in [2.24, 2.45) is 5.73 Å². The number of aliphatic hydroxyl groups is 1. The smallest absolute Gasteiger partial charge is 0.0568 e. The second kappa shape index (κ2) is 7.55. The van der Waals surface area contributed by atoms with E-state index in [9.17, 15) is 5.11 Å². The molecule has 1 aromatic heterocycles. The highest BCUT2D eigenvalue weighted by Gasteiger charge is 2.20. The fourth-order valence-electron chi connectivity index (χ4n) is 2.37. The van der Waals surface area contributed by atoms with Crippen molar-refractivity contribution in [1.82, 2.24) is 4.90 Å². The van der Waals surface area contributed by atoms with E-state index in [1.54, 1.807) is 11.3 Å². The summed E-state index contributed by atoms with van der Waals surface area (Å²) in [6, 6.07) is 14.8. The van der Waals surface area contributed by atoms with Crippen LogP contribution in [0.2, 0.25) is 0 Å². The number of nitrogens with zero attached hydrogens (tertiary/aromatic N) is 1. The Labute approximate surface area is 124 Å². The molecule has 108 valence electrons. The summed E-state index contributed by atoms with van der Waals surface area (Å²) in [5.41, 5.74) is 7.23. The molecule has 0 aliphatic rings. The summed E-state index contributed by atoms with van der Waals surface area (Å²) < 4.78 is 0. The molecule has 0 saturated heterocycles. The van der Waals surface area contributed by atoms with Gasteiger partial charge < -0.3 is 10.8 Å². The number of hydrogen-bond donors (Lipinski definition) is 2. The normalized spacial score (nSPS) is 12.8. The third-order valence-corrected chi connectivity index (χ3v) is 4.47. The van der Waals surface area contributed by atoms with Crippen LogP contribution in [0.4, 0.5) is 0 Å². The lowest BCUT2D eigenvalue weighted by molar-refractivity contribution is 0.148. The molecule has 3 nitrogen and oxygen atoms in total. The number of hydrogen-bond acceptors (Lipinski definition) is 4. The van der Waals surface area contributed by atoms with Crippen LogP contribution in [0.5, 0.6) is 0 Å². The molecule has 20 heavy (non-hydrogen) atoms. The SMILES string of the molecule is Cc1ccc(C(CN)N(CCO)Cc2ccccc2)s1. The molecule has 0 amide bonds. The maximum Gasteiger partial charge on any atom is 0.0568 e. The fraction of sp³-hybridized carbons (Fsp3) is 0.375. The highest BCUT2D eigenvalue weighted by Crippen LogP contribution is 2.27. The number of nitrogens with two attached hydrogens (primary N) is 1. The van der Waals surface area contributed by atoms with Crippen LogP contribution in [-0.4, -0.2) is 29.7 Å². The van der Waals surface area contributed by atoms with E-state index in [4.69, 9.17) is 5.73 Å². The molecule has 0 aliphatic carbocycles. The molecular formula is C16H22N2OS. The zero-order valence-electron chi connectivity index (χ0n) is 11.8. The molecule has 1 heterocycles. The van der Waals surface area contributed by atoms with Crippen LogP contribution in [0.3, 0.4) is 0 Å². The van der Waals surface area contributed by atoms with Gasteiger partial charge in [-0.1, -0.05) is 30.3 Å². The number of aliphatic hydroxyl groups excluding tert-OH is 1. The topological polar surface area (TPSA) is 49.5 Å². The minimum Gasteiger partial charge on any atom is -0.395 e. The summed E-state index contributed by atoms with van der Waals surface area (Å²) >= 11 is 1.78. The molecule has 0 radical (unpaired) electrons. The van der Waals surface area contributed by atoms with Gasteiger partial charge in [-0.05, 0) is 24.6 Å². The second-order valence-electron chi connectivity index (χ2n) is 4.88. The molecule has 0 spiro atoms. The van der Waals surface area contributed by atoms with Crippen molar-refractivity contribution in [3.63, 3.8) is 0 Å². The van der Waals surface area contributed by atoms with Gasteiger partial charge in [-0.25, -0.2) is 0 Å². The first-order chi connectivity index (χ1) is 9.74. The van der Waals surface area contributed by atoms with Gasteiger partial charge in [0.15, 0.2) is 0 Å². The molecule has 0 saturated carbocycles. The first kappa shape index (κ1) is 15.2. The van der Waals surface area contributed by atoms with Crippen LogP contribution in [0.25, 0.3) is 0 Å². The van der Waals surface area contributed by atoms with E-state index in [0.717, 1.165) is 6.54 Å². The third-order valence-electron chi connectivity index (χ3n) is 3.37. The lowest BCUT2D eigenvalue weighted by Gasteiger charge is -2.29. The standard InChI is InChI=1S/C16H22N2OS/c1-13-7-8-16(20-13)15(11-17)18(9-10-19)12-14-5-3-2-4-6-14/h2-8,15,19H,9-12,17H2,1H3. The lowest BCUT2D eigenvalue weighted by atomic mass is 10.1. The van der Waals surface area contributed by atoms with E-state index in [2.05, 4.69) is 36.1 Å². The Kier molecular flexibility index (Phi) is 5.73. The summed E-state index contributed by atoms with van der Waals surface area (Å²) in [4.78, 5) is 4.82. The van der Waals surface area contributed by atoms with Crippen LogP contribution in [0.15, 0.2) is 42.5 Å². The largest absolute Gasteiger partial charge is 0.395 e. The highest BCUT2D eigenvalue weighted by molar-refractivity contribution is 7.12. The molecule has 3 N–H and O–H groups in total. The molecule has 2 aromatic rings. The van der Waals surface area contributed by atoms with Crippen molar-refractivity contribution in [3.05, 3.63) is 57.8 Å². The minimum atomic E-state index is 0.147. The third kappa shape index (κ3) is 3.90. The number of rotatable bonds is 7. The predicted molar refractivity (Wildman–Crippen MR) is 84.8 cm³/mol. The van der Waals surface area contributed by atoms with Crippen LogP contribution in [0, 0.1) is 6.92 Å². The summed E-state index contributed by atoms with van der Waals surface area (Å²) in [6.45, 7) is 4.25. The summed E-state index contributed by atoms with van der Waals surface area (Å²) in [5.74, 6) is 0. The van der Waals surface area contributed by atoms with Crippen molar-refractivity contribution in [1.29, 1.82) is 0 Å². The lowest BCUT2D eigenvalue weighted by Crippen LogP contribution is -2.35. The van der Waals surface area contributed by atoms with Gasteiger partial charge >= 0.3 is 0 Å². The molecule has 0 bridgehead atoms. The summed E-state index contributed by atoms with van der Waals surface area (Å²) in [7, 11) is 0. The van der Waals surface area contributed by atoms with Gasteiger partial charge in [0.05, 0.1) is 12.6 Å². The van der Waals surface area contributed by atoms with E-state index >= 15 is 0 Å². The number of thiophene rings is 1. The van der Waals surface area contributed by atoms with Gasteiger partial charge in [-0.2, -0.15) is 0 Å². The van der Waals surface area contributed by atoms with Crippen molar-refractivity contribution < 1.29 is 5.11 Å². The van der Waals surface area contributed by atoms with Gasteiger partial charge in [0, 0.05) is 29.4 Å². The number of aryl methyl sites for hydroxylation is 1. The van der Waals surface area contributed by atoms with Gasteiger partial charge in [0.2, 0.25) is 0 Å². The second-order valence-corrected chi connectivity index (χ2v) is 6.20. The zero-order valence-corrected chi connectivity index (χ0v) is 12.6. The summed E-state index contributed by atoms with van der Waals surface area (Å²) in [6.07, 6.45) is 0. The van der Waals surface area contributed by atoms with Gasteiger partial charge in [0.1, 0.15) is 0 Å². The van der Waals surface area contributed by atoms with Crippen molar-refractivity contribution >= 4 is 11.3 Å². The average molecular weight is 290 g/mol. The first-order valence-corrected chi connectivity index (χ1v) is 7.71. The molecule has 1 unspecified atom stereocenters. The van der Waals surface area contributed by atoms with E-state index in [-0.39, 0.29) is 12.6 Å². The highest BCUT2D eigenvalue weighted by atomic mass is 32.1. The molecule has 0 aliphatic heterocycles. The Morgan fingerprint density at radius 1 is 1.20 bits per heavy atom. The van der Waals surface area contributed by atoms with Gasteiger partial charge in [-0.3, -0.25) is 4.90 Å². The Morgan fingerprint density at radius 2 is 1.95 bits per heavy atom. The number of benzene rings is 1. The Morgan fingerprint density at radius 3 is 2.50 bits per heavy atom. The van der Waals surface area contributed by atoms with E-state index < -0.39 is 0 Å². The molecule has 1 atom stereocenters. The van der Waals surface area contributed by atoms with Crippen molar-refractivity contribution in [2.45, 2.75) is 19.5 Å². The molecular weight excluding hydrogens is 268 g/mol. The minimum absolute atomic E-state index is 0.147. The molecule has 4 heteroatoms. The molecule has 2 rings (SSSR count). The van der Waals surface area contributed by atoms with Crippen LogP contribution in [-0.2, 0) is 6.54 Å². The quantitative estimate of drug-likeness (QED) is 0.824. The maximum absolute atomic E-state index is 9.33. The predicted octanol–water partition coefficient (Wildman–Crippen LogP) is 2.55. The Bertz CT molecular complexity index is 512. The Balaban J connectivity index is 2.17. The van der Waals surface area contributed by atoms with Crippen molar-refractivity contribution in [2.75, 3.05) is 19.7 Å². The van der Waals surface area contributed by atoms with Gasteiger partial charge in [-0.15, -0.1) is 11.3 Å². The molecule has 0 fully saturated rings. The monoisotopic (exact) mass is 290 g/mol. The average Bonchev–Trinajstić information content (AvgIpc) is 2.87. The maximum atomic E-state index is 9.33. The van der Waals surface area contributed by atoms with E-state index in [1.165, 1.54) is 15.3 Å². The van der Waals surface area contributed by atoms with Crippen LogP contribution < -0.4 is 5.73 Å². The first-order valence-electron chi connectivity index (χ1n) is 6.90. The Hall–Kier alpha value is -1.20. The van der Waals surface area contributed by atoms with Gasteiger partial charge in [0.25, 0.3) is 0 Å². The van der Waals surface area contributed by atoms with Crippen LogP contribution in [0.1, 0.15) is 21.4 Å². The van der Waals surface area contributed by atoms with E-state index in [1.807, 2.05) is 18.2 Å². The van der Waals surface area contributed by atoms with Crippen LogP contribution >= 0.6 is 11.3 Å². The zero-order chi connectivity index (χ0) is 14.4. The summed E-state index contributed by atoms with van der Waals surface area (Å²) in [5, 5.41) is 9.33. The van der Waals surface area contributed by atoms with E-state index in [0.29, 0.717) is 13.1 Å².